The highest BCUT2D eigenvalue weighted by Gasteiger charge is 2.32. The third-order valence-electron chi connectivity index (χ3n) is 3.20. The van der Waals surface area contributed by atoms with Gasteiger partial charge >= 0.3 is 0 Å². The summed E-state index contributed by atoms with van der Waals surface area (Å²) in [6.07, 6.45) is 0. The van der Waals surface area contributed by atoms with Crippen molar-refractivity contribution in [1.29, 1.82) is 0 Å². The van der Waals surface area contributed by atoms with E-state index < -0.39 is 10.0 Å². The summed E-state index contributed by atoms with van der Waals surface area (Å²) in [5, 5.41) is 1.98. The molecule has 0 fully saturated rings. The van der Waals surface area contributed by atoms with Crippen LogP contribution in [-0.2, 0) is 16.6 Å². The van der Waals surface area contributed by atoms with Gasteiger partial charge in [0.15, 0.2) is 0 Å². The molecule has 0 atom stereocenters. The van der Waals surface area contributed by atoms with Crippen LogP contribution in [0.25, 0.3) is 4.91 Å². The van der Waals surface area contributed by atoms with Gasteiger partial charge in [-0.3, -0.25) is 9.71 Å². The summed E-state index contributed by atoms with van der Waals surface area (Å²) in [6.45, 7) is 2.27. The van der Waals surface area contributed by atoms with E-state index in [1.54, 1.807) is 30.4 Å². The van der Waals surface area contributed by atoms with Crippen LogP contribution in [0.3, 0.4) is 0 Å². The van der Waals surface area contributed by atoms with Gasteiger partial charge in [0.25, 0.3) is 10.0 Å². The fraction of sp³-hybridized carbons (Fsp3) is 0.133. The van der Waals surface area contributed by atoms with E-state index in [2.05, 4.69) is 9.71 Å². The van der Waals surface area contributed by atoms with Crippen LogP contribution in [0, 0.1) is 0 Å². The Bertz CT molecular complexity index is 805. The Balaban J connectivity index is 1.99. The van der Waals surface area contributed by atoms with E-state index in [-0.39, 0.29) is 0 Å². The predicted octanol–water partition coefficient (Wildman–Crippen LogP) is 3.01. The van der Waals surface area contributed by atoms with Gasteiger partial charge in [-0.05, 0) is 23.9 Å². The lowest BCUT2D eigenvalue weighted by atomic mass is 10.1. The monoisotopic (exact) mass is 318 g/mol. The summed E-state index contributed by atoms with van der Waals surface area (Å²) in [6, 6.07) is 13.0. The average Bonchev–Trinajstić information content (AvgIpc) is 3.04. The van der Waals surface area contributed by atoms with Gasteiger partial charge in [-0.1, -0.05) is 36.4 Å². The fourth-order valence-electron chi connectivity index (χ4n) is 2.24. The molecular formula is C15H14N2O2S2. The summed E-state index contributed by atoms with van der Waals surface area (Å²) in [7, 11) is -3.53. The van der Waals surface area contributed by atoms with Gasteiger partial charge in [0.1, 0.15) is 10.7 Å². The zero-order valence-electron chi connectivity index (χ0n) is 11.4. The van der Waals surface area contributed by atoms with Crippen LogP contribution in [-0.4, -0.2) is 14.3 Å². The molecule has 1 aliphatic heterocycles. The number of amidine groups is 1. The van der Waals surface area contributed by atoms with Gasteiger partial charge in [0, 0.05) is 10.5 Å². The summed E-state index contributed by atoms with van der Waals surface area (Å²) < 4.78 is 27.1. The predicted molar refractivity (Wildman–Crippen MR) is 86.5 cm³/mol. The number of thiophene rings is 1. The Morgan fingerprint density at radius 3 is 2.57 bits per heavy atom. The van der Waals surface area contributed by atoms with Crippen LogP contribution in [0.1, 0.15) is 17.4 Å². The number of hydrogen-bond donors (Lipinski definition) is 1. The summed E-state index contributed by atoms with van der Waals surface area (Å²) in [5.74, 6) is 0.433. The zero-order valence-corrected chi connectivity index (χ0v) is 13.0. The molecule has 108 valence electrons. The smallest absolute Gasteiger partial charge is 0.263 e. The first-order valence-electron chi connectivity index (χ1n) is 6.44. The van der Waals surface area contributed by atoms with Crippen molar-refractivity contribution in [3.05, 3.63) is 63.9 Å². The highest BCUT2D eigenvalue weighted by molar-refractivity contribution is 8.00. The summed E-state index contributed by atoms with van der Waals surface area (Å²) >= 11 is 1.60. The molecule has 0 spiro atoms. The molecule has 0 saturated carbocycles. The second-order valence-corrected chi connectivity index (χ2v) is 7.32. The molecule has 0 unspecified atom stereocenters. The average molecular weight is 318 g/mol. The molecule has 3 rings (SSSR count). The van der Waals surface area contributed by atoms with Crippen LogP contribution in [0.2, 0.25) is 0 Å². The zero-order chi connectivity index (χ0) is 14.9. The first kappa shape index (κ1) is 14.0. The molecule has 6 heteroatoms. The molecule has 4 nitrogen and oxygen atoms in total. The van der Waals surface area contributed by atoms with Crippen LogP contribution < -0.4 is 4.72 Å². The molecule has 0 saturated heterocycles. The van der Waals surface area contributed by atoms with Crippen molar-refractivity contribution in [1.82, 2.24) is 4.72 Å². The summed E-state index contributed by atoms with van der Waals surface area (Å²) in [4.78, 5) is 5.81. The van der Waals surface area contributed by atoms with Crippen LogP contribution in [0.5, 0.6) is 0 Å². The number of benzene rings is 1. The van der Waals surface area contributed by atoms with Gasteiger partial charge in [-0.15, -0.1) is 11.3 Å². The maximum atomic E-state index is 12.3. The van der Waals surface area contributed by atoms with Crippen LogP contribution >= 0.6 is 11.3 Å². The van der Waals surface area contributed by atoms with Crippen molar-refractivity contribution < 1.29 is 8.42 Å². The Labute approximate surface area is 127 Å². The van der Waals surface area contributed by atoms with Crippen molar-refractivity contribution in [2.24, 2.45) is 4.99 Å². The Morgan fingerprint density at radius 2 is 1.90 bits per heavy atom. The fourth-order valence-corrected chi connectivity index (χ4v) is 4.38. The van der Waals surface area contributed by atoms with Gasteiger partial charge < -0.3 is 0 Å². The lowest BCUT2D eigenvalue weighted by molar-refractivity contribution is 0.603. The Morgan fingerprint density at radius 1 is 1.14 bits per heavy atom. The second-order valence-electron chi connectivity index (χ2n) is 4.67. The number of nitrogens with one attached hydrogen (secondary N) is 1. The Kier molecular flexibility index (Phi) is 3.65. The molecule has 21 heavy (non-hydrogen) atoms. The van der Waals surface area contributed by atoms with E-state index in [0.29, 0.717) is 28.4 Å². The minimum atomic E-state index is -3.53. The lowest BCUT2D eigenvalue weighted by Gasteiger charge is -2.02. The largest absolute Gasteiger partial charge is 0.264 e. The molecule has 0 aliphatic carbocycles. The number of rotatable bonds is 3. The molecule has 2 heterocycles. The van der Waals surface area contributed by atoms with Crippen molar-refractivity contribution in [2.75, 3.05) is 0 Å². The van der Waals surface area contributed by atoms with E-state index in [4.69, 9.17) is 0 Å². The van der Waals surface area contributed by atoms with Crippen molar-refractivity contribution in [3.8, 4) is 0 Å². The highest BCUT2D eigenvalue weighted by Crippen LogP contribution is 2.29. The molecule has 1 aliphatic rings. The van der Waals surface area contributed by atoms with Crippen LogP contribution in [0.4, 0.5) is 0 Å². The molecule has 1 aromatic carbocycles. The molecule has 0 amide bonds. The molecule has 0 radical (unpaired) electrons. The standard InChI is InChI=1S/C15H14N2O2S2/c1-11-14(12-6-3-2-4-7-12)21(18,19)17-15(11)16-10-13-8-5-9-20-13/h2-9H,10H2,1H3,(H,16,17). The number of sulfonamides is 1. The maximum absolute atomic E-state index is 12.3. The number of aliphatic imine (C=N–C) groups is 1. The normalized spacial score (nSPS) is 19.0. The van der Waals surface area contributed by atoms with E-state index in [0.717, 1.165) is 4.88 Å². The van der Waals surface area contributed by atoms with Gasteiger partial charge in [-0.25, -0.2) is 8.42 Å². The number of hydrogen-bond acceptors (Lipinski definition) is 4. The summed E-state index contributed by atoms with van der Waals surface area (Å²) in [5.41, 5.74) is 1.35. The van der Waals surface area contributed by atoms with Gasteiger partial charge in [0.2, 0.25) is 0 Å². The first-order chi connectivity index (χ1) is 10.1. The maximum Gasteiger partial charge on any atom is 0.264 e. The minimum absolute atomic E-state index is 0.313. The molecule has 1 N–H and O–H groups in total. The molecule has 0 bridgehead atoms. The van der Waals surface area contributed by atoms with E-state index in [1.807, 2.05) is 35.7 Å². The third-order valence-corrected chi connectivity index (χ3v) is 5.61. The van der Waals surface area contributed by atoms with Crippen molar-refractivity contribution in [2.45, 2.75) is 13.5 Å². The molecular weight excluding hydrogens is 304 g/mol. The van der Waals surface area contributed by atoms with E-state index in [1.165, 1.54) is 0 Å². The topological polar surface area (TPSA) is 58.5 Å². The quantitative estimate of drug-likeness (QED) is 0.945. The highest BCUT2D eigenvalue weighted by atomic mass is 32.2. The van der Waals surface area contributed by atoms with E-state index in [9.17, 15) is 8.42 Å². The van der Waals surface area contributed by atoms with Crippen molar-refractivity contribution in [3.63, 3.8) is 0 Å². The van der Waals surface area contributed by atoms with Gasteiger partial charge in [0.05, 0.1) is 6.54 Å². The van der Waals surface area contributed by atoms with E-state index >= 15 is 0 Å². The number of nitrogens with zero attached hydrogens (tertiary/aromatic N) is 1. The first-order valence-corrected chi connectivity index (χ1v) is 8.80. The minimum Gasteiger partial charge on any atom is -0.263 e. The SMILES string of the molecule is CC1=C(c2ccccc2)S(=O)(=O)NC1=NCc1cccs1. The molecule has 1 aromatic heterocycles. The van der Waals surface area contributed by atoms with Gasteiger partial charge in [-0.2, -0.15) is 0 Å². The third kappa shape index (κ3) is 2.77. The lowest BCUT2D eigenvalue weighted by Crippen LogP contribution is -2.23. The molecule has 2 aromatic rings. The van der Waals surface area contributed by atoms with Crippen molar-refractivity contribution >= 4 is 32.1 Å². The second kappa shape index (κ2) is 5.46. The Hall–Kier alpha value is -1.92. The van der Waals surface area contributed by atoms with Crippen LogP contribution in [0.15, 0.2) is 58.4 Å².